The van der Waals surface area contributed by atoms with Crippen molar-refractivity contribution in [3.05, 3.63) is 16.6 Å². The summed E-state index contributed by atoms with van der Waals surface area (Å²) in [6.45, 7) is 1.96. The van der Waals surface area contributed by atoms with E-state index in [1.807, 2.05) is 6.92 Å². The molecule has 0 spiro atoms. The lowest BCUT2D eigenvalue weighted by Gasteiger charge is -2.13. The molecule has 0 radical (unpaired) electrons. The normalized spacial score (nSPS) is 9.88. The van der Waals surface area contributed by atoms with Gasteiger partial charge in [-0.05, 0) is 22.4 Å². The van der Waals surface area contributed by atoms with Crippen LogP contribution in [0.25, 0.3) is 0 Å². The number of hydrogen-bond donors (Lipinski definition) is 1. The Balaban J connectivity index is 2.99. The number of carbonyl (C=O) groups excluding carboxylic acids is 1. The fourth-order valence-corrected chi connectivity index (χ4v) is 1.88. The monoisotopic (exact) mass is 301 g/mol. The third-order valence-electron chi connectivity index (χ3n) is 2.23. The predicted octanol–water partition coefficient (Wildman–Crippen LogP) is 3.20. The second-order valence-corrected chi connectivity index (χ2v) is 4.34. The van der Waals surface area contributed by atoms with E-state index in [1.54, 1.807) is 26.4 Å². The molecule has 1 rings (SSSR count). The number of anilines is 1. The quantitative estimate of drug-likeness (QED) is 0.908. The van der Waals surface area contributed by atoms with Crippen LogP contribution in [0.4, 0.5) is 5.69 Å². The summed E-state index contributed by atoms with van der Waals surface area (Å²) >= 11 is 3.36. The van der Waals surface area contributed by atoms with Gasteiger partial charge >= 0.3 is 0 Å². The molecule has 0 unspecified atom stereocenters. The number of hydrogen-bond acceptors (Lipinski definition) is 3. The van der Waals surface area contributed by atoms with E-state index >= 15 is 0 Å². The fourth-order valence-electron chi connectivity index (χ4n) is 1.40. The molecule has 94 valence electrons. The second kappa shape index (κ2) is 6.49. The van der Waals surface area contributed by atoms with E-state index in [0.29, 0.717) is 23.6 Å². The van der Waals surface area contributed by atoms with Gasteiger partial charge in [-0.15, -0.1) is 0 Å². The first-order valence-corrected chi connectivity index (χ1v) is 6.13. The minimum absolute atomic E-state index is 0.0322. The van der Waals surface area contributed by atoms with E-state index in [2.05, 4.69) is 21.2 Å². The summed E-state index contributed by atoms with van der Waals surface area (Å²) in [6.07, 6.45) is 1.29. The Morgan fingerprint density at radius 3 is 2.47 bits per heavy atom. The van der Waals surface area contributed by atoms with E-state index < -0.39 is 0 Å². The van der Waals surface area contributed by atoms with Gasteiger partial charge in [0.2, 0.25) is 5.91 Å². The molecule has 0 aliphatic carbocycles. The molecule has 0 aliphatic rings. The number of rotatable bonds is 5. The first kappa shape index (κ1) is 13.8. The van der Waals surface area contributed by atoms with Crippen molar-refractivity contribution in [3.63, 3.8) is 0 Å². The van der Waals surface area contributed by atoms with Crippen molar-refractivity contribution >= 4 is 27.5 Å². The van der Waals surface area contributed by atoms with Crippen molar-refractivity contribution in [1.29, 1.82) is 0 Å². The highest BCUT2D eigenvalue weighted by Gasteiger charge is 2.11. The molecule has 0 saturated heterocycles. The Kier molecular flexibility index (Phi) is 5.28. The zero-order valence-electron chi connectivity index (χ0n) is 10.2. The van der Waals surface area contributed by atoms with Gasteiger partial charge in [0.1, 0.15) is 11.5 Å². The lowest BCUT2D eigenvalue weighted by molar-refractivity contribution is -0.116. The van der Waals surface area contributed by atoms with E-state index in [4.69, 9.17) is 9.47 Å². The van der Waals surface area contributed by atoms with Gasteiger partial charge in [0.15, 0.2) is 0 Å². The van der Waals surface area contributed by atoms with E-state index in [-0.39, 0.29) is 5.91 Å². The molecule has 0 saturated carbocycles. The summed E-state index contributed by atoms with van der Waals surface area (Å²) < 4.78 is 11.2. The molecule has 5 heteroatoms. The van der Waals surface area contributed by atoms with Crippen molar-refractivity contribution in [2.75, 3.05) is 19.5 Å². The van der Waals surface area contributed by atoms with Crippen LogP contribution < -0.4 is 14.8 Å². The van der Waals surface area contributed by atoms with E-state index in [1.165, 1.54) is 0 Å². The topological polar surface area (TPSA) is 47.6 Å². The van der Waals surface area contributed by atoms with Crippen LogP contribution in [0.3, 0.4) is 0 Å². The van der Waals surface area contributed by atoms with Crippen molar-refractivity contribution in [1.82, 2.24) is 0 Å². The highest BCUT2D eigenvalue weighted by Crippen LogP contribution is 2.36. The van der Waals surface area contributed by atoms with Gasteiger partial charge in [-0.25, -0.2) is 0 Å². The molecule has 1 amide bonds. The van der Waals surface area contributed by atoms with Crippen LogP contribution in [-0.4, -0.2) is 20.1 Å². The zero-order valence-corrected chi connectivity index (χ0v) is 11.8. The van der Waals surface area contributed by atoms with Crippen LogP contribution >= 0.6 is 15.9 Å². The average molecular weight is 302 g/mol. The Morgan fingerprint density at radius 2 is 1.94 bits per heavy atom. The first-order chi connectivity index (χ1) is 8.12. The third kappa shape index (κ3) is 3.63. The van der Waals surface area contributed by atoms with Crippen molar-refractivity contribution in [2.24, 2.45) is 0 Å². The number of carbonyl (C=O) groups is 1. The van der Waals surface area contributed by atoms with Crippen molar-refractivity contribution < 1.29 is 14.3 Å². The van der Waals surface area contributed by atoms with E-state index in [0.717, 1.165) is 10.9 Å². The summed E-state index contributed by atoms with van der Waals surface area (Å²) in [5, 5.41) is 2.80. The van der Waals surface area contributed by atoms with Gasteiger partial charge in [0, 0.05) is 18.6 Å². The maximum atomic E-state index is 11.5. The molecule has 0 fully saturated rings. The van der Waals surface area contributed by atoms with Crippen LogP contribution in [0, 0.1) is 0 Å². The number of methoxy groups -OCH3 is 2. The highest BCUT2D eigenvalue weighted by molar-refractivity contribution is 9.10. The largest absolute Gasteiger partial charge is 0.495 e. The lowest BCUT2D eigenvalue weighted by Crippen LogP contribution is -2.11. The Labute approximate surface area is 109 Å². The number of benzene rings is 1. The third-order valence-corrected chi connectivity index (χ3v) is 2.84. The SMILES string of the molecule is CCCC(=O)Nc1cc(OC)c(Br)cc1OC. The second-order valence-electron chi connectivity index (χ2n) is 3.49. The van der Waals surface area contributed by atoms with Gasteiger partial charge in [-0.1, -0.05) is 6.92 Å². The summed E-state index contributed by atoms with van der Waals surface area (Å²) in [5.41, 5.74) is 0.617. The van der Waals surface area contributed by atoms with Crippen LogP contribution in [0.5, 0.6) is 11.5 Å². The Morgan fingerprint density at radius 1 is 1.29 bits per heavy atom. The molecule has 0 aliphatic heterocycles. The standard InChI is InChI=1S/C12H16BrNO3/c1-4-5-12(15)14-9-7-10(16-2)8(13)6-11(9)17-3/h6-7H,4-5H2,1-3H3,(H,14,15). The molecule has 0 aromatic heterocycles. The maximum absolute atomic E-state index is 11.5. The molecule has 1 aromatic rings. The molecule has 0 heterocycles. The van der Waals surface area contributed by atoms with Crippen LogP contribution in [0.1, 0.15) is 19.8 Å². The molecule has 4 nitrogen and oxygen atoms in total. The van der Waals surface area contributed by atoms with Crippen LogP contribution in [0.15, 0.2) is 16.6 Å². The van der Waals surface area contributed by atoms with E-state index in [9.17, 15) is 4.79 Å². The van der Waals surface area contributed by atoms with Gasteiger partial charge in [0.05, 0.1) is 24.4 Å². The minimum Gasteiger partial charge on any atom is -0.495 e. The molecular weight excluding hydrogens is 286 g/mol. The van der Waals surface area contributed by atoms with Gasteiger partial charge in [-0.3, -0.25) is 4.79 Å². The van der Waals surface area contributed by atoms with Crippen molar-refractivity contribution in [3.8, 4) is 11.5 Å². The molecular formula is C12H16BrNO3. The summed E-state index contributed by atoms with van der Waals surface area (Å²) in [4.78, 5) is 11.5. The molecule has 17 heavy (non-hydrogen) atoms. The Bertz CT molecular complexity index is 407. The number of nitrogens with one attached hydrogen (secondary N) is 1. The summed E-state index contributed by atoms with van der Waals surface area (Å²) in [5.74, 6) is 1.22. The number of ether oxygens (including phenoxy) is 2. The van der Waals surface area contributed by atoms with Crippen LogP contribution in [-0.2, 0) is 4.79 Å². The Hall–Kier alpha value is -1.23. The summed E-state index contributed by atoms with van der Waals surface area (Å²) in [6, 6.07) is 3.50. The summed E-state index contributed by atoms with van der Waals surface area (Å²) in [7, 11) is 3.13. The van der Waals surface area contributed by atoms with Gasteiger partial charge in [-0.2, -0.15) is 0 Å². The maximum Gasteiger partial charge on any atom is 0.224 e. The number of amides is 1. The molecule has 1 N–H and O–H groups in total. The van der Waals surface area contributed by atoms with Gasteiger partial charge in [0.25, 0.3) is 0 Å². The van der Waals surface area contributed by atoms with Gasteiger partial charge < -0.3 is 14.8 Å². The fraction of sp³-hybridized carbons (Fsp3) is 0.417. The smallest absolute Gasteiger partial charge is 0.224 e. The molecule has 0 atom stereocenters. The zero-order chi connectivity index (χ0) is 12.8. The lowest BCUT2D eigenvalue weighted by atomic mass is 10.2. The molecule has 1 aromatic carbocycles. The predicted molar refractivity (Wildman–Crippen MR) is 70.8 cm³/mol. The number of halogens is 1. The highest BCUT2D eigenvalue weighted by atomic mass is 79.9. The van der Waals surface area contributed by atoms with Crippen molar-refractivity contribution in [2.45, 2.75) is 19.8 Å². The molecule has 0 bridgehead atoms. The first-order valence-electron chi connectivity index (χ1n) is 5.33. The average Bonchev–Trinajstić information content (AvgIpc) is 2.31. The minimum atomic E-state index is -0.0322. The van der Waals surface area contributed by atoms with Crippen LogP contribution in [0.2, 0.25) is 0 Å².